The molecule has 1 aromatic heterocycles. The number of carbonyl (C=O) groups excluding carboxylic acids is 2. The lowest BCUT2D eigenvalue weighted by molar-refractivity contribution is -0.137. The van der Waals surface area contributed by atoms with Gasteiger partial charge in [0.1, 0.15) is 0 Å². The highest BCUT2D eigenvalue weighted by Gasteiger charge is 2.32. The number of rotatable bonds is 8. The summed E-state index contributed by atoms with van der Waals surface area (Å²) in [4.78, 5) is 29.4. The zero-order chi connectivity index (χ0) is 30.6. The monoisotopic (exact) mass is 607 g/mol. The van der Waals surface area contributed by atoms with Gasteiger partial charge in [0.2, 0.25) is 5.91 Å². The van der Waals surface area contributed by atoms with E-state index in [0.29, 0.717) is 38.2 Å². The molecule has 1 saturated heterocycles. The van der Waals surface area contributed by atoms with E-state index in [4.69, 9.17) is 0 Å². The van der Waals surface area contributed by atoms with E-state index in [0.717, 1.165) is 39.9 Å². The molecule has 4 aromatic rings. The molecular formula is C32H32F3N5O2S. The van der Waals surface area contributed by atoms with Gasteiger partial charge in [0.05, 0.1) is 5.56 Å². The van der Waals surface area contributed by atoms with Crippen LogP contribution in [0.5, 0.6) is 0 Å². The van der Waals surface area contributed by atoms with Gasteiger partial charge in [-0.3, -0.25) is 14.2 Å². The molecule has 0 N–H and O–H groups in total. The van der Waals surface area contributed by atoms with Gasteiger partial charge in [0.15, 0.2) is 11.0 Å². The standard InChI is InChI=1S/C32H32F3N5O2S/c1-22-8-6-11-27(20-22)40-29(24-9-4-3-5-10-24)36-37-31(40)43-19-7-12-28(41)38-17-18-39(23(2)21-38)30(42)25-13-15-26(16-14-25)32(33,34)35/h3-6,8-11,13-16,20,23H,7,12,17-19,21H2,1-2H3. The molecule has 3 aromatic carbocycles. The van der Waals surface area contributed by atoms with Gasteiger partial charge >= 0.3 is 6.18 Å². The van der Waals surface area contributed by atoms with Crippen LogP contribution in [-0.2, 0) is 11.0 Å². The molecule has 11 heteroatoms. The number of benzene rings is 3. The average Bonchev–Trinajstić information content (AvgIpc) is 3.43. The highest BCUT2D eigenvalue weighted by molar-refractivity contribution is 7.99. The Morgan fingerprint density at radius 2 is 1.70 bits per heavy atom. The number of halogens is 3. The molecule has 224 valence electrons. The van der Waals surface area contributed by atoms with Crippen molar-refractivity contribution in [1.82, 2.24) is 24.6 Å². The first-order chi connectivity index (χ1) is 20.6. The number of amides is 2. The Morgan fingerprint density at radius 1 is 0.953 bits per heavy atom. The van der Waals surface area contributed by atoms with E-state index < -0.39 is 11.7 Å². The van der Waals surface area contributed by atoms with Crippen molar-refractivity contribution in [2.24, 2.45) is 0 Å². The van der Waals surface area contributed by atoms with Crippen LogP contribution in [0.4, 0.5) is 13.2 Å². The fourth-order valence-electron chi connectivity index (χ4n) is 5.14. The zero-order valence-corrected chi connectivity index (χ0v) is 24.7. The van der Waals surface area contributed by atoms with E-state index in [9.17, 15) is 22.8 Å². The first kappa shape index (κ1) is 30.3. The van der Waals surface area contributed by atoms with Crippen LogP contribution in [0.1, 0.15) is 41.3 Å². The number of aromatic nitrogens is 3. The number of hydrogen-bond donors (Lipinski definition) is 0. The normalized spacial score (nSPS) is 15.5. The predicted octanol–water partition coefficient (Wildman–Crippen LogP) is 6.51. The molecule has 7 nitrogen and oxygen atoms in total. The van der Waals surface area contributed by atoms with Crippen LogP contribution in [0, 0.1) is 6.92 Å². The fraction of sp³-hybridized carbons (Fsp3) is 0.312. The van der Waals surface area contributed by atoms with Gasteiger partial charge in [0, 0.05) is 54.7 Å². The Morgan fingerprint density at radius 3 is 2.37 bits per heavy atom. The van der Waals surface area contributed by atoms with Gasteiger partial charge < -0.3 is 9.80 Å². The Labute approximate surface area is 252 Å². The van der Waals surface area contributed by atoms with E-state index in [1.165, 1.54) is 12.1 Å². The molecule has 2 heterocycles. The summed E-state index contributed by atoms with van der Waals surface area (Å²) in [7, 11) is 0. The number of piperazine rings is 1. The number of hydrogen-bond acceptors (Lipinski definition) is 5. The van der Waals surface area contributed by atoms with Gasteiger partial charge in [-0.1, -0.05) is 54.2 Å². The predicted molar refractivity (Wildman–Crippen MR) is 160 cm³/mol. The molecule has 43 heavy (non-hydrogen) atoms. The fourth-order valence-corrected chi connectivity index (χ4v) is 6.03. The van der Waals surface area contributed by atoms with Crippen molar-refractivity contribution in [3.05, 3.63) is 95.6 Å². The van der Waals surface area contributed by atoms with Crippen LogP contribution in [0.2, 0.25) is 0 Å². The molecule has 0 radical (unpaired) electrons. The summed E-state index contributed by atoms with van der Waals surface area (Å²) < 4.78 is 40.7. The maximum absolute atomic E-state index is 13.0. The molecule has 1 aliphatic rings. The van der Waals surface area contributed by atoms with Crippen molar-refractivity contribution >= 4 is 23.6 Å². The maximum Gasteiger partial charge on any atom is 0.416 e. The third-order valence-electron chi connectivity index (χ3n) is 7.39. The van der Waals surface area contributed by atoms with E-state index in [-0.39, 0.29) is 23.4 Å². The summed E-state index contributed by atoms with van der Waals surface area (Å²) >= 11 is 1.55. The van der Waals surface area contributed by atoms with Crippen LogP contribution in [0.3, 0.4) is 0 Å². The first-order valence-electron chi connectivity index (χ1n) is 14.1. The molecule has 0 saturated carbocycles. The van der Waals surface area contributed by atoms with Crippen molar-refractivity contribution in [1.29, 1.82) is 0 Å². The quantitative estimate of drug-likeness (QED) is 0.169. The number of aryl methyl sites for hydroxylation is 1. The van der Waals surface area contributed by atoms with Gasteiger partial charge in [-0.25, -0.2) is 0 Å². The minimum Gasteiger partial charge on any atom is -0.339 e. The highest BCUT2D eigenvalue weighted by Crippen LogP contribution is 2.30. The zero-order valence-electron chi connectivity index (χ0n) is 23.9. The Hall–Kier alpha value is -4.12. The van der Waals surface area contributed by atoms with Crippen molar-refractivity contribution in [2.45, 2.75) is 44.1 Å². The topological polar surface area (TPSA) is 71.3 Å². The molecule has 1 atom stereocenters. The van der Waals surface area contributed by atoms with E-state index >= 15 is 0 Å². The molecule has 1 unspecified atom stereocenters. The van der Waals surface area contributed by atoms with Crippen LogP contribution < -0.4 is 0 Å². The first-order valence-corrected chi connectivity index (χ1v) is 15.1. The Kier molecular flexibility index (Phi) is 9.19. The van der Waals surface area contributed by atoms with Gasteiger partial charge in [-0.15, -0.1) is 10.2 Å². The average molecular weight is 608 g/mol. The molecule has 0 bridgehead atoms. The number of carbonyl (C=O) groups is 2. The summed E-state index contributed by atoms with van der Waals surface area (Å²) in [5, 5.41) is 9.70. The van der Waals surface area contributed by atoms with Crippen LogP contribution in [-0.4, -0.2) is 67.8 Å². The minimum atomic E-state index is -4.46. The minimum absolute atomic E-state index is 0.0132. The maximum atomic E-state index is 13.0. The van der Waals surface area contributed by atoms with Crippen LogP contribution in [0.15, 0.2) is 84.0 Å². The molecule has 2 amide bonds. The van der Waals surface area contributed by atoms with Crippen molar-refractivity contribution < 1.29 is 22.8 Å². The Bertz CT molecular complexity index is 1570. The second kappa shape index (κ2) is 13.0. The van der Waals surface area contributed by atoms with Crippen LogP contribution >= 0.6 is 11.8 Å². The summed E-state index contributed by atoms with van der Waals surface area (Å²) in [6.07, 6.45) is -3.45. The number of nitrogens with zero attached hydrogens (tertiary/aromatic N) is 5. The second-order valence-electron chi connectivity index (χ2n) is 10.6. The molecule has 0 aliphatic carbocycles. The van der Waals surface area contributed by atoms with E-state index in [1.807, 2.05) is 66.9 Å². The van der Waals surface area contributed by atoms with Crippen LogP contribution in [0.25, 0.3) is 17.1 Å². The van der Waals surface area contributed by atoms with Gasteiger partial charge in [0.25, 0.3) is 5.91 Å². The lowest BCUT2D eigenvalue weighted by Gasteiger charge is -2.40. The molecular weight excluding hydrogens is 575 g/mol. The van der Waals surface area contributed by atoms with Gasteiger partial charge in [-0.05, 0) is 62.2 Å². The molecule has 1 aliphatic heterocycles. The smallest absolute Gasteiger partial charge is 0.339 e. The molecule has 0 spiro atoms. The van der Waals surface area contributed by atoms with E-state index in [2.05, 4.69) is 16.3 Å². The second-order valence-corrected chi connectivity index (χ2v) is 11.6. The summed E-state index contributed by atoms with van der Waals surface area (Å²) in [6, 6.07) is 22.0. The third kappa shape index (κ3) is 7.10. The Balaban J connectivity index is 1.16. The molecule has 5 rings (SSSR count). The number of thioether (sulfide) groups is 1. The molecule has 1 fully saturated rings. The van der Waals surface area contributed by atoms with Gasteiger partial charge in [-0.2, -0.15) is 13.2 Å². The van der Waals surface area contributed by atoms with Crippen molar-refractivity contribution in [3.63, 3.8) is 0 Å². The van der Waals surface area contributed by atoms with Crippen molar-refractivity contribution in [2.75, 3.05) is 25.4 Å². The van der Waals surface area contributed by atoms with Crippen molar-refractivity contribution in [3.8, 4) is 17.1 Å². The SMILES string of the molecule is Cc1cccc(-n2c(SCCCC(=O)N3CCN(C(=O)c4ccc(C(F)(F)F)cc4)C(C)C3)nnc2-c2ccccc2)c1. The lowest BCUT2D eigenvalue weighted by atomic mass is 10.1. The highest BCUT2D eigenvalue weighted by atomic mass is 32.2. The largest absolute Gasteiger partial charge is 0.416 e. The summed E-state index contributed by atoms with van der Waals surface area (Å²) in [5.74, 6) is 1.10. The lowest BCUT2D eigenvalue weighted by Crippen LogP contribution is -2.55. The number of alkyl halides is 3. The summed E-state index contributed by atoms with van der Waals surface area (Å²) in [6.45, 7) is 4.97. The van der Waals surface area contributed by atoms with E-state index in [1.54, 1.807) is 21.6 Å². The summed E-state index contributed by atoms with van der Waals surface area (Å²) in [5.41, 5.74) is 2.47. The third-order valence-corrected chi connectivity index (χ3v) is 8.41.